The highest BCUT2D eigenvalue weighted by Gasteiger charge is 2.31. The van der Waals surface area contributed by atoms with Gasteiger partial charge in [0.05, 0.1) is 88.9 Å². The Bertz CT molecular complexity index is 5940. The van der Waals surface area contributed by atoms with Gasteiger partial charge in [-0.2, -0.15) is 31.1 Å². The maximum Gasteiger partial charge on any atom is 0.407 e. The number of amides is 2. The predicted octanol–water partition coefficient (Wildman–Crippen LogP) is 20.3. The van der Waals surface area contributed by atoms with Crippen molar-refractivity contribution in [2.24, 2.45) is 23.5 Å². The van der Waals surface area contributed by atoms with Gasteiger partial charge in [-0.15, -0.1) is 12.4 Å². The molecule has 22 nitrogen and oxygen atoms in total. The lowest BCUT2D eigenvalue weighted by molar-refractivity contribution is 0.0512. The zero-order valence-corrected chi connectivity index (χ0v) is 74.4. The van der Waals surface area contributed by atoms with Gasteiger partial charge in [-0.3, -0.25) is 14.4 Å². The molecule has 0 bridgehead atoms. The molecule has 3 saturated carbocycles. The maximum absolute atomic E-state index is 15.2. The summed E-state index contributed by atoms with van der Waals surface area (Å²) in [6, 6.07) is 69.7. The average Bonchev–Trinajstić information content (AvgIpc) is 1.20. The van der Waals surface area contributed by atoms with Crippen molar-refractivity contribution in [3.05, 3.63) is 353 Å². The summed E-state index contributed by atoms with van der Waals surface area (Å²) in [4.78, 5) is 65.1. The minimum atomic E-state index is -0.611. The van der Waals surface area contributed by atoms with E-state index in [2.05, 4.69) is 44.1 Å². The van der Waals surface area contributed by atoms with E-state index in [9.17, 15) is 39.8 Å². The van der Waals surface area contributed by atoms with Crippen molar-refractivity contribution in [3.63, 3.8) is 0 Å². The van der Waals surface area contributed by atoms with Crippen LogP contribution in [0.5, 0.6) is 0 Å². The number of rotatable bonds is 32. The average molecular weight is 1760 g/mol. The summed E-state index contributed by atoms with van der Waals surface area (Å²) in [6.07, 6.45) is 3.71. The third-order valence-corrected chi connectivity index (χ3v) is 21.4. The molecule has 3 heterocycles. The number of nitriles is 3. The zero-order chi connectivity index (χ0) is 90.9. The Balaban J connectivity index is 0.000000175. The molecule has 15 rings (SSSR count). The molecule has 3 atom stereocenters. The molecule has 664 valence electrons. The topological polar surface area (TPSA) is 306 Å². The number of Topliss-reactive ketones (excluding diaryl/α,β-unsaturated/α-hetero) is 3. The van der Waals surface area contributed by atoms with Gasteiger partial charge >= 0.3 is 12.2 Å². The summed E-state index contributed by atoms with van der Waals surface area (Å²) in [5.41, 5.74) is 19.0. The Morgan fingerprint density at radius 2 is 0.682 bits per heavy atom. The smallest absolute Gasteiger partial charge is 0.407 e. The molecule has 0 spiro atoms. The van der Waals surface area contributed by atoms with Crippen LogP contribution < -0.4 is 16.4 Å². The zero-order valence-electron chi connectivity index (χ0n) is 73.6. The van der Waals surface area contributed by atoms with Crippen molar-refractivity contribution in [1.82, 2.24) is 40.0 Å². The number of carbonyl (C=O) groups is 5. The fourth-order valence-corrected chi connectivity index (χ4v) is 14.6. The van der Waals surface area contributed by atoms with Crippen LogP contribution in [0, 0.1) is 90.0 Å². The van der Waals surface area contributed by atoms with E-state index in [0.29, 0.717) is 117 Å². The molecule has 4 N–H and O–H groups in total. The lowest BCUT2D eigenvalue weighted by atomic mass is 9.96. The van der Waals surface area contributed by atoms with Crippen LogP contribution in [0.15, 0.2) is 218 Å². The summed E-state index contributed by atoms with van der Waals surface area (Å²) in [5, 5.41) is 47.3. The lowest BCUT2D eigenvalue weighted by Crippen LogP contribution is -2.32. The number of carbonyl (C=O) groups excluding carboxylic acids is 5. The fourth-order valence-electron chi connectivity index (χ4n) is 14.6. The molecular weight excluding hydrogens is 1660 g/mol. The SMILES string of the molecule is Cc1cc(C(=O)Cc2cc(C(OCC3CC3)c3cccc(C#N)c3)ccc2F)n(-c2cccc(CN)c2)n1.Cc1cc(C(=O)Cc2cc(C(OCC3CC3)c3cccc(C#N)c3)ccc2F)n(-c2cccc(CNC(=O)OC(C)(C)C)c2)n1.Cc1cc(C(=O)Cc2cc(C(OCC3CC3)c3cccc(C#N)c3)ccc2F)n(-c2cccc(CNC(=O)OC(C)(C)C)c2)n1.Cl. The van der Waals surface area contributed by atoms with Crippen LogP contribution in [0.2, 0.25) is 0 Å². The quantitative estimate of drug-likeness (QED) is 0.0330. The normalized spacial score (nSPS) is 13.5. The highest BCUT2D eigenvalue weighted by atomic mass is 35.5. The molecule has 12 aromatic rings. The second-order valence-corrected chi connectivity index (χ2v) is 34.7. The van der Waals surface area contributed by atoms with Crippen LogP contribution in [0.1, 0.15) is 230 Å². The van der Waals surface area contributed by atoms with E-state index in [0.717, 1.165) is 83.2 Å². The van der Waals surface area contributed by atoms with Gasteiger partial charge in [-0.25, -0.2) is 36.8 Å². The van der Waals surface area contributed by atoms with Gasteiger partial charge < -0.3 is 40.1 Å². The molecule has 3 aromatic heterocycles. The summed E-state index contributed by atoms with van der Waals surface area (Å²) in [7, 11) is 0. The van der Waals surface area contributed by atoms with E-state index < -0.39 is 59.2 Å². The standard InChI is InChI=1S/2C36H37FN4O4.C31H29FN4O2.ClH/c2*1-23-15-32(41(40-23)30-10-6-8-26(17-30)21-39-35(43)45-36(2,3)4)33(42)19-29-18-28(13-14-31(29)37)34(44-22-24-11-12-24)27-9-5-7-25(16-27)20-38;1-20-12-29(36(35-20)27-7-3-5-23(14-27)18-34)30(37)16-26-15-25(10-11-28(26)32)31(38-19-21-8-9-21)24-6-2-4-22(13-24)17-33;/h2*5-10,13-18,24,34H,11-12,19,21-22H2,1-4H3,(H,39,43);2-7,10-15,21,31H,8-9,16,18-19,34H2,1H3;1H. The molecule has 0 aliphatic heterocycles. The highest BCUT2D eigenvalue weighted by molar-refractivity contribution is 5.98. The van der Waals surface area contributed by atoms with Gasteiger partial charge in [0.2, 0.25) is 0 Å². The summed E-state index contributed by atoms with van der Waals surface area (Å²) in [5.74, 6) is -0.750. The number of nitrogens with zero attached hydrogens (tertiary/aromatic N) is 9. The van der Waals surface area contributed by atoms with Crippen LogP contribution in [0.3, 0.4) is 0 Å². The second-order valence-electron chi connectivity index (χ2n) is 34.7. The third kappa shape index (κ3) is 26.6. The third-order valence-electron chi connectivity index (χ3n) is 21.4. The highest BCUT2D eigenvalue weighted by Crippen LogP contribution is 2.39. The first-order chi connectivity index (χ1) is 61.4. The number of hydrogen-bond acceptors (Lipinski definition) is 17. The van der Waals surface area contributed by atoms with Crippen LogP contribution >= 0.6 is 12.4 Å². The number of hydrogen-bond donors (Lipinski definition) is 3. The number of alkyl carbamates (subject to hydrolysis) is 2. The molecule has 9 aromatic carbocycles. The van der Waals surface area contributed by atoms with E-state index in [-0.39, 0.29) is 78.8 Å². The lowest BCUT2D eigenvalue weighted by Gasteiger charge is -2.20. The van der Waals surface area contributed by atoms with Crippen LogP contribution in [-0.4, -0.2) is 89.9 Å². The number of aryl methyl sites for hydroxylation is 3. The number of halogens is 4. The molecule has 26 heteroatoms. The van der Waals surface area contributed by atoms with Crippen LogP contribution in [0.25, 0.3) is 17.1 Å². The van der Waals surface area contributed by atoms with Gasteiger partial charge in [-0.1, -0.05) is 91.0 Å². The summed E-state index contributed by atoms with van der Waals surface area (Å²) < 4.78 is 79.6. The maximum atomic E-state index is 15.2. The largest absolute Gasteiger partial charge is 0.444 e. The predicted molar refractivity (Wildman–Crippen MR) is 485 cm³/mol. The minimum Gasteiger partial charge on any atom is -0.444 e. The Morgan fingerprint density at radius 1 is 0.403 bits per heavy atom. The Kier molecular flexibility index (Phi) is 31.5. The van der Waals surface area contributed by atoms with Crippen molar-refractivity contribution in [1.29, 1.82) is 15.8 Å². The van der Waals surface area contributed by atoms with E-state index in [1.807, 2.05) is 104 Å². The molecule has 129 heavy (non-hydrogen) atoms. The molecule has 0 saturated heterocycles. The van der Waals surface area contributed by atoms with Gasteiger partial charge in [0.1, 0.15) is 64.0 Å². The molecule has 3 unspecified atom stereocenters. The van der Waals surface area contributed by atoms with E-state index in [1.165, 1.54) is 18.2 Å². The van der Waals surface area contributed by atoms with Crippen molar-refractivity contribution in [2.45, 2.75) is 169 Å². The van der Waals surface area contributed by atoms with Crippen molar-refractivity contribution in [2.75, 3.05) is 19.8 Å². The first-order valence-electron chi connectivity index (χ1n) is 42.8. The van der Waals surface area contributed by atoms with E-state index in [1.54, 1.807) is 173 Å². The first-order valence-corrected chi connectivity index (χ1v) is 42.8. The van der Waals surface area contributed by atoms with Gasteiger partial charge in [0, 0.05) is 38.9 Å². The number of ketones is 3. The van der Waals surface area contributed by atoms with Crippen molar-refractivity contribution in [3.8, 4) is 35.3 Å². The van der Waals surface area contributed by atoms with E-state index in [4.69, 9.17) is 29.4 Å². The monoisotopic (exact) mass is 1760 g/mol. The summed E-state index contributed by atoms with van der Waals surface area (Å²) in [6.45, 7) is 18.7. The molecular formula is C103H104ClF3N12O10. The van der Waals surface area contributed by atoms with Gasteiger partial charge in [0.25, 0.3) is 0 Å². The number of ether oxygens (including phenoxy) is 5. The van der Waals surface area contributed by atoms with Crippen molar-refractivity contribution >= 4 is 41.9 Å². The first kappa shape index (κ1) is 94.7. The van der Waals surface area contributed by atoms with Gasteiger partial charge in [-0.05, 0) is 313 Å². The van der Waals surface area contributed by atoms with Crippen molar-refractivity contribution < 1.29 is 60.8 Å². The fraction of sp³-hybridized carbons (Fsp3) is 0.311. The van der Waals surface area contributed by atoms with Crippen LogP contribution in [0.4, 0.5) is 22.8 Å². The number of aromatic nitrogens is 6. The summed E-state index contributed by atoms with van der Waals surface area (Å²) >= 11 is 0. The Hall–Kier alpha value is -13.5. The number of nitrogens with one attached hydrogen (secondary N) is 2. The minimum absolute atomic E-state index is 0. The van der Waals surface area contributed by atoms with Gasteiger partial charge in [0.15, 0.2) is 17.3 Å². The molecule has 3 aliphatic carbocycles. The van der Waals surface area contributed by atoms with E-state index >= 15 is 13.2 Å². The molecule has 0 radical (unpaired) electrons. The Labute approximate surface area is 755 Å². The Morgan fingerprint density at radius 3 is 0.961 bits per heavy atom. The molecule has 3 aliphatic rings. The second kappa shape index (κ2) is 42.9. The molecule has 3 fully saturated rings. The number of benzene rings is 9. The van der Waals surface area contributed by atoms with Crippen LogP contribution in [-0.2, 0) is 62.6 Å². The molecule has 2 amide bonds. The number of nitrogens with two attached hydrogens (primary N) is 1.